The molecule has 1 heterocycles. The second-order valence-electron chi connectivity index (χ2n) is 3.85. The Balaban J connectivity index is 2.09. The summed E-state index contributed by atoms with van der Waals surface area (Å²) in [6.07, 6.45) is 1.74. The molecule has 0 aromatic heterocycles. The van der Waals surface area contributed by atoms with Gasteiger partial charge in [0.05, 0.1) is 6.54 Å². The summed E-state index contributed by atoms with van der Waals surface area (Å²) in [5.74, 6) is -0.305. The molecule has 0 bridgehead atoms. The Kier molecular flexibility index (Phi) is 3.23. The summed E-state index contributed by atoms with van der Waals surface area (Å²) in [6, 6.07) is 9.41. The first-order chi connectivity index (χ1) is 8.16. The third-order valence-electron chi connectivity index (χ3n) is 2.51. The molecule has 0 radical (unpaired) electrons. The number of ether oxygens (including phenoxy) is 1. The Hall–Kier alpha value is -2.10. The van der Waals surface area contributed by atoms with Crippen molar-refractivity contribution in [2.45, 2.75) is 12.8 Å². The lowest BCUT2D eigenvalue weighted by Crippen LogP contribution is -2.22. The number of carbonyl (C=O) groups excluding carboxylic acids is 2. The van der Waals surface area contributed by atoms with Gasteiger partial charge < -0.3 is 10.1 Å². The van der Waals surface area contributed by atoms with Crippen LogP contribution in [0, 0.1) is 0 Å². The van der Waals surface area contributed by atoms with E-state index < -0.39 is 0 Å². The third kappa shape index (κ3) is 2.72. The van der Waals surface area contributed by atoms with Gasteiger partial charge in [0, 0.05) is 6.92 Å². The van der Waals surface area contributed by atoms with Crippen molar-refractivity contribution < 1.29 is 14.3 Å². The maximum absolute atomic E-state index is 11.6. The number of amides is 1. The topological polar surface area (TPSA) is 55.4 Å². The zero-order valence-electron chi connectivity index (χ0n) is 9.47. The molecule has 1 aliphatic rings. The standard InChI is InChI=1S/C13H13NO3/c1-9(15)14-8-11-7-12(13(16)17-11)10-5-3-2-4-6-10/h2-7,12H,8H2,1H3,(H,14,15). The predicted octanol–water partition coefficient (Wildman–Crippen LogP) is 1.35. The molecule has 1 unspecified atom stereocenters. The van der Waals surface area contributed by atoms with Crippen LogP contribution in [0.1, 0.15) is 18.4 Å². The van der Waals surface area contributed by atoms with Crippen LogP contribution in [0.15, 0.2) is 42.2 Å². The van der Waals surface area contributed by atoms with Crippen LogP contribution in [0.2, 0.25) is 0 Å². The van der Waals surface area contributed by atoms with Crippen LogP contribution in [0.25, 0.3) is 0 Å². The summed E-state index contributed by atoms with van der Waals surface area (Å²) in [5, 5.41) is 2.60. The van der Waals surface area contributed by atoms with E-state index in [9.17, 15) is 9.59 Å². The molecule has 17 heavy (non-hydrogen) atoms. The molecular weight excluding hydrogens is 218 g/mol. The first-order valence-electron chi connectivity index (χ1n) is 5.38. The van der Waals surface area contributed by atoms with Gasteiger partial charge in [-0.3, -0.25) is 9.59 Å². The lowest BCUT2D eigenvalue weighted by molar-refractivity contribution is -0.138. The monoisotopic (exact) mass is 231 g/mol. The van der Waals surface area contributed by atoms with Crippen LogP contribution in [0.3, 0.4) is 0 Å². The number of cyclic esters (lactones) is 1. The molecule has 2 rings (SSSR count). The van der Waals surface area contributed by atoms with Crippen molar-refractivity contribution >= 4 is 11.9 Å². The van der Waals surface area contributed by atoms with Gasteiger partial charge in [-0.1, -0.05) is 30.3 Å². The zero-order chi connectivity index (χ0) is 12.3. The Morgan fingerprint density at radius 3 is 2.71 bits per heavy atom. The smallest absolute Gasteiger partial charge is 0.322 e. The number of benzene rings is 1. The minimum absolute atomic E-state index is 0.148. The molecule has 4 heteroatoms. The molecule has 0 saturated heterocycles. The molecule has 0 aliphatic carbocycles. The van der Waals surface area contributed by atoms with Gasteiger partial charge in [0.2, 0.25) is 5.91 Å². The summed E-state index contributed by atoms with van der Waals surface area (Å²) in [5.41, 5.74) is 0.898. The Morgan fingerprint density at radius 1 is 1.35 bits per heavy atom. The average Bonchev–Trinajstić information content (AvgIpc) is 2.69. The van der Waals surface area contributed by atoms with Gasteiger partial charge in [-0.2, -0.15) is 0 Å². The van der Waals surface area contributed by atoms with Crippen LogP contribution in [0.5, 0.6) is 0 Å². The lowest BCUT2D eigenvalue weighted by atomic mass is 10.00. The van der Waals surface area contributed by atoms with E-state index >= 15 is 0 Å². The van der Waals surface area contributed by atoms with E-state index in [0.717, 1.165) is 5.56 Å². The van der Waals surface area contributed by atoms with Crippen LogP contribution in [-0.4, -0.2) is 18.4 Å². The van der Waals surface area contributed by atoms with Crippen molar-refractivity contribution in [1.29, 1.82) is 0 Å². The van der Waals surface area contributed by atoms with Crippen molar-refractivity contribution in [2.24, 2.45) is 0 Å². The minimum Gasteiger partial charge on any atom is -0.429 e. The Bertz CT molecular complexity index is 465. The second kappa shape index (κ2) is 4.82. The number of rotatable bonds is 3. The van der Waals surface area contributed by atoms with E-state index in [1.165, 1.54) is 6.92 Å². The number of carbonyl (C=O) groups is 2. The molecule has 0 fully saturated rings. The molecule has 1 atom stereocenters. The van der Waals surface area contributed by atoms with Crippen LogP contribution in [-0.2, 0) is 14.3 Å². The van der Waals surface area contributed by atoms with E-state index in [1.807, 2.05) is 30.3 Å². The minimum atomic E-state index is -0.361. The number of nitrogens with one attached hydrogen (secondary N) is 1. The first kappa shape index (κ1) is 11.4. The summed E-state index contributed by atoms with van der Waals surface area (Å²) < 4.78 is 5.09. The summed E-state index contributed by atoms with van der Waals surface area (Å²) in [7, 11) is 0. The molecule has 1 aliphatic heterocycles. The lowest BCUT2D eigenvalue weighted by Gasteiger charge is -2.03. The largest absolute Gasteiger partial charge is 0.429 e. The molecule has 1 aromatic rings. The average molecular weight is 231 g/mol. The van der Waals surface area contributed by atoms with Crippen molar-refractivity contribution in [2.75, 3.05) is 6.54 Å². The van der Waals surface area contributed by atoms with Gasteiger partial charge in [0.25, 0.3) is 0 Å². The molecule has 4 nitrogen and oxygen atoms in total. The van der Waals surface area contributed by atoms with E-state index in [1.54, 1.807) is 6.08 Å². The fourth-order valence-electron chi connectivity index (χ4n) is 1.68. The molecule has 1 aromatic carbocycles. The highest BCUT2D eigenvalue weighted by atomic mass is 16.5. The zero-order valence-corrected chi connectivity index (χ0v) is 9.47. The third-order valence-corrected chi connectivity index (χ3v) is 2.51. The SMILES string of the molecule is CC(=O)NCC1=CC(c2ccccc2)C(=O)O1. The second-order valence-corrected chi connectivity index (χ2v) is 3.85. The highest BCUT2D eigenvalue weighted by molar-refractivity contribution is 5.84. The maximum atomic E-state index is 11.6. The first-order valence-corrected chi connectivity index (χ1v) is 5.38. The van der Waals surface area contributed by atoms with Gasteiger partial charge >= 0.3 is 5.97 Å². The summed E-state index contributed by atoms with van der Waals surface area (Å²) in [4.78, 5) is 22.4. The number of hydrogen-bond acceptors (Lipinski definition) is 3. The van der Waals surface area contributed by atoms with Gasteiger partial charge in [-0.05, 0) is 11.6 Å². The Labute approximate surface area is 99.3 Å². The number of esters is 1. The van der Waals surface area contributed by atoms with Crippen LogP contribution >= 0.6 is 0 Å². The summed E-state index contributed by atoms with van der Waals surface area (Å²) >= 11 is 0. The van der Waals surface area contributed by atoms with Crippen molar-refractivity contribution in [3.63, 3.8) is 0 Å². The highest BCUT2D eigenvalue weighted by Crippen LogP contribution is 2.27. The molecule has 88 valence electrons. The predicted molar refractivity (Wildman–Crippen MR) is 62.0 cm³/mol. The van der Waals surface area contributed by atoms with Gasteiger partial charge in [0.15, 0.2) is 0 Å². The quantitative estimate of drug-likeness (QED) is 0.799. The van der Waals surface area contributed by atoms with Gasteiger partial charge in [-0.15, -0.1) is 0 Å². The fourth-order valence-corrected chi connectivity index (χ4v) is 1.68. The maximum Gasteiger partial charge on any atom is 0.322 e. The Morgan fingerprint density at radius 2 is 2.06 bits per heavy atom. The highest BCUT2D eigenvalue weighted by Gasteiger charge is 2.28. The van der Waals surface area contributed by atoms with E-state index in [0.29, 0.717) is 5.76 Å². The molecule has 0 saturated carbocycles. The molecule has 1 amide bonds. The van der Waals surface area contributed by atoms with Crippen molar-refractivity contribution in [3.8, 4) is 0 Å². The molecule has 1 N–H and O–H groups in total. The van der Waals surface area contributed by atoms with E-state index in [-0.39, 0.29) is 24.3 Å². The molecular formula is C13H13NO3. The fraction of sp³-hybridized carbons (Fsp3) is 0.231. The van der Waals surface area contributed by atoms with Gasteiger partial charge in [-0.25, -0.2) is 0 Å². The van der Waals surface area contributed by atoms with E-state index in [2.05, 4.69) is 5.32 Å². The van der Waals surface area contributed by atoms with Crippen molar-refractivity contribution in [3.05, 3.63) is 47.7 Å². The van der Waals surface area contributed by atoms with Crippen LogP contribution < -0.4 is 5.32 Å². The van der Waals surface area contributed by atoms with Crippen molar-refractivity contribution in [1.82, 2.24) is 5.32 Å². The normalized spacial score (nSPS) is 18.5. The van der Waals surface area contributed by atoms with Gasteiger partial charge in [0.1, 0.15) is 11.7 Å². The molecule has 0 spiro atoms. The summed E-state index contributed by atoms with van der Waals surface area (Å²) in [6.45, 7) is 1.68. The number of hydrogen-bond donors (Lipinski definition) is 1. The van der Waals surface area contributed by atoms with Crippen LogP contribution in [0.4, 0.5) is 0 Å². The van der Waals surface area contributed by atoms with E-state index in [4.69, 9.17) is 4.74 Å².